The zero-order valence-electron chi connectivity index (χ0n) is 17.4. The van der Waals surface area contributed by atoms with Gasteiger partial charge in [0, 0.05) is 24.1 Å². The molecule has 2 aromatic carbocycles. The summed E-state index contributed by atoms with van der Waals surface area (Å²) < 4.78 is 27.7. The minimum atomic E-state index is -0.668. The van der Waals surface area contributed by atoms with Crippen molar-refractivity contribution < 1.29 is 38.7 Å². The van der Waals surface area contributed by atoms with E-state index in [-0.39, 0.29) is 44.0 Å². The molecule has 170 valence electrons. The van der Waals surface area contributed by atoms with Crippen molar-refractivity contribution in [3.63, 3.8) is 0 Å². The number of aromatic hydroxyl groups is 1. The van der Waals surface area contributed by atoms with Crippen LogP contribution in [0.5, 0.6) is 17.2 Å². The van der Waals surface area contributed by atoms with Gasteiger partial charge in [0.1, 0.15) is 5.75 Å². The minimum absolute atomic E-state index is 0.0451. The Bertz CT molecular complexity index is 976. The molecule has 2 heterocycles. The molecule has 0 saturated heterocycles. The summed E-state index contributed by atoms with van der Waals surface area (Å²) in [5.74, 6) is 0.883. The number of ether oxygens (including phenoxy) is 5. The highest BCUT2D eigenvalue weighted by atomic mass is 16.7. The van der Waals surface area contributed by atoms with Gasteiger partial charge in [0.2, 0.25) is 13.1 Å². The standard InChI is InChI=1S/C23H25NO8/c25-6-7-28-8-9-29-22-12-16(15-4-5-19-20(10-15)31-14-30-19)11-21(32-22)23(27)24-17-2-1-3-18(26)13-17/h1-5,10-11,13,16,22,25-26H,6-9,12,14H2,(H,24,27)/t16-,22+/m1/s1. The average molecular weight is 443 g/mol. The molecule has 2 aliphatic rings. The molecule has 32 heavy (non-hydrogen) atoms. The molecule has 9 nitrogen and oxygen atoms in total. The first-order valence-electron chi connectivity index (χ1n) is 10.3. The topological polar surface area (TPSA) is 116 Å². The molecule has 2 atom stereocenters. The third-order valence-electron chi connectivity index (χ3n) is 4.98. The summed E-state index contributed by atoms with van der Waals surface area (Å²) in [5.41, 5.74) is 1.38. The number of rotatable bonds is 9. The van der Waals surface area contributed by atoms with E-state index >= 15 is 0 Å². The van der Waals surface area contributed by atoms with Gasteiger partial charge in [-0.3, -0.25) is 4.79 Å². The van der Waals surface area contributed by atoms with Gasteiger partial charge in [0.05, 0.1) is 26.4 Å². The van der Waals surface area contributed by atoms with E-state index in [0.29, 0.717) is 30.2 Å². The predicted molar refractivity (Wildman–Crippen MR) is 113 cm³/mol. The van der Waals surface area contributed by atoms with E-state index in [1.54, 1.807) is 18.2 Å². The summed E-state index contributed by atoms with van der Waals surface area (Å²) in [6.45, 7) is 0.892. The van der Waals surface area contributed by atoms with Crippen LogP contribution in [0.3, 0.4) is 0 Å². The van der Waals surface area contributed by atoms with Crippen LogP contribution in [0.15, 0.2) is 54.3 Å². The number of carbonyl (C=O) groups is 1. The summed E-state index contributed by atoms with van der Waals surface area (Å²) in [6, 6.07) is 11.9. The van der Waals surface area contributed by atoms with E-state index in [0.717, 1.165) is 5.56 Å². The minimum Gasteiger partial charge on any atom is -0.508 e. The Balaban J connectivity index is 1.50. The molecule has 1 amide bonds. The average Bonchev–Trinajstić information content (AvgIpc) is 3.27. The van der Waals surface area contributed by atoms with Crippen LogP contribution in [0, 0.1) is 0 Å². The molecule has 9 heteroatoms. The lowest BCUT2D eigenvalue weighted by Gasteiger charge is -2.29. The number of carbonyl (C=O) groups excluding carboxylic acids is 1. The number of amides is 1. The number of benzene rings is 2. The van der Waals surface area contributed by atoms with Gasteiger partial charge in [-0.15, -0.1) is 0 Å². The Morgan fingerprint density at radius 2 is 1.97 bits per heavy atom. The summed E-state index contributed by atoms with van der Waals surface area (Å²) in [7, 11) is 0. The predicted octanol–water partition coefficient (Wildman–Crippen LogP) is 2.50. The van der Waals surface area contributed by atoms with Crippen molar-refractivity contribution in [2.45, 2.75) is 18.6 Å². The number of aliphatic hydroxyl groups is 1. The number of aliphatic hydroxyl groups excluding tert-OH is 1. The molecule has 2 aromatic rings. The maximum Gasteiger partial charge on any atom is 0.290 e. The van der Waals surface area contributed by atoms with Crippen molar-refractivity contribution in [2.24, 2.45) is 0 Å². The third kappa shape index (κ3) is 5.50. The molecule has 0 bridgehead atoms. The summed E-state index contributed by atoms with van der Waals surface area (Å²) in [6.07, 6.45) is 1.57. The van der Waals surface area contributed by atoms with Crippen molar-refractivity contribution >= 4 is 11.6 Å². The van der Waals surface area contributed by atoms with E-state index in [9.17, 15) is 9.90 Å². The zero-order valence-corrected chi connectivity index (χ0v) is 17.4. The SMILES string of the molecule is O=C(Nc1cccc(O)c1)C1=C[C@@H](c2ccc3c(c2)OCO3)C[C@@H](OCCOCCO)O1. The Labute approximate surface area is 185 Å². The first kappa shape index (κ1) is 21.9. The fourth-order valence-corrected chi connectivity index (χ4v) is 3.48. The highest BCUT2D eigenvalue weighted by Crippen LogP contribution is 2.38. The van der Waals surface area contributed by atoms with Crippen LogP contribution in [-0.2, 0) is 19.0 Å². The third-order valence-corrected chi connectivity index (χ3v) is 4.98. The van der Waals surface area contributed by atoms with Crippen molar-refractivity contribution in [3.8, 4) is 17.2 Å². The van der Waals surface area contributed by atoms with Gasteiger partial charge in [-0.1, -0.05) is 12.1 Å². The van der Waals surface area contributed by atoms with E-state index in [2.05, 4.69) is 5.32 Å². The van der Waals surface area contributed by atoms with Crippen LogP contribution in [0.4, 0.5) is 5.69 Å². The maximum atomic E-state index is 12.9. The maximum absolute atomic E-state index is 12.9. The first-order chi connectivity index (χ1) is 15.6. The van der Waals surface area contributed by atoms with Crippen LogP contribution in [-0.4, -0.2) is 55.6 Å². The number of allylic oxidation sites excluding steroid dienone is 1. The van der Waals surface area contributed by atoms with Crippen molar-refractivity contribution in [3.05, 3.63) is 59.9 Å². The molecular formula is C23H25NO8. The molecule has 0 aromatic heterocycles. The Kier molecular flexibility index (Phi) is 7.10. The number of phenolic OH excluding ortho intramolecular Hbond substituents is 1. The molecule has 0 unspecified atom stereocenters. The Morgan fingerprint density at radius 1 is 1.09 bits per heavy atom. The normalized spacial score (nSPS) is 19.2. The van der Waals surface area contributed by atoms with Crippen molar-refractivity contribution in [1.29, 1.82) is 0 Å². The molecule has 3 N–H and O–H groups in total. The van der Waals surface area contributed by atoms with Crippen molar-refractivity contribution in [2.75, 3.05) is 38.5 Å². The molecule has 0 aliphatic carbocycles. The number of hydrogen-bond donors (Lipinski definition) is 3. The van der Waals surface area contributed by atoms with Gasteiger partial charge in [-0.2, -0.15) is 0 Å². The molecule has 0 radical (unpaired) electrons. The molecule has 4 rings (SSSR count). The quantitative estimate of drug-likeness (QED) is 0.507. The van der Waals surface area contributed by atoms with Crippen LogP contribution in [0.1, 0.15) is 17.9 Å². The Hall–Kier alpha value is -3.27. The van der Waals surface area contributed by atoms with Crippen LogP contribution in [0.2, 0.25) is 0 Å². The van der Waals surface area contributed by atoms with Crippen LogP contribution >= 0.6 is 0 Å². The molecule has 2 aliphatic heterocycles. The van der Waals surface area contributed by atoms with Gasteiger partial charge in [0.25, 0.3) is 5.91 Å². The van der Waals surface area contributed by atoms with Crippen LogP contribution < -0.4 is 14.8 Å². The van der Waals surface area contributed by atoms with Gasteiger partial charge in [-0.25, -0.2) is 0 Å². The number of hydrogen-bond acceptors (Lipinski definition) is 8. The first-order valence-corrected chi connectivity index (χ1v) is 10.3. The van der Waals surface area contributed by atoms with Gasteiger partial charge in [0.15, 0.2) is 17.3 Å². The summed E-state index contributed by atoms with van der Waals surface area (Å²) in [5, 5.41) is 21.2. The van der Waals surface area contributed by atoms with Gasteiger partial charge < -0.3 is 39.2 Å². The molecule has 0 saturated carbocycles. The second kappa shape index (κ2) is 10.4. The summed E-state index contributed by atoms with van der Waals surface area (Å²) >= 11 is 0. The lowest BCUT2D eigenvalue weighted by atomic mass is 9.92. The fourth-order valence-electron chi connectivity index (χ4n) is 3.48. The van der Waals surface area contributed by atoms with E-state index in [1.807, 2.05) is 18.2 Å². The van der Waals surface area contributed by atoms with E-state index in [1.165, 1.54) is 12.1 Å². The number of fused-ring (bicyclic) bond motifs is 1. The second-order valence-electron chi connectivity index (χ2n) is 7.24. The lowest BCUT2D eigenvalue weighted by Crippen LogP contribution is -2.30. The van der Waals surface area contributed by atoms with E-state index < -0.39 is 12.2 Å². The molecule has 0 spiro atoms. The molecular weight excluding hydrogens is 418 g/mol. The molecule has 0 fully saturated rings. The second-order valence-corrected chi connectivity index (χ2v) is 7.24. The van der Waals surface area contributed by atoms with E-state index in [4.69, 9.17) is 28.8 Å². The van der Waals surface area contributed by atoms with Crippen LogP contribution in [0.25, 0.3) is 0 Å². The van der Waals surface area contributed by atoms with Crippen molar-refractivity contribution in [1.82, 2.24) is 0 Å². The highest BCUT2D eigenvalue weighted by Gasteiger charge is 2.30. The largest absolute Gasteiger partial charge is 0.508 e. The highest BCUT2D eigenvalue weighted by molar-refractivity contribution is 6.02. The lowest BCUT2D eigenvalue weighted by molar-refractivity contribution is -0.148. The zero-order chi connectivity index (χ0) is 22.3. The fraction of sp³-hybridized carbons (Fsp3) is 0.348. The Morgan fingerprint density at radius 3 is 2.81 bits per heavy atom. The summed E-state index contributed by atoms with van der Waals surface area (Å²) in [4.78, 5) is 12.9. The number of nitrogens with one attached hydrogen (secondary N) is 1. The number of phenols is 1. The monoisotopic (exact) mass is 443 g/mol. The van der Waals surface area contributed by atoms with Gasteiger partial charge >= 0.3 is 0 Å². The smallest absolute Gasteiger partial charge is 0.290 e. The van der Waals surface area contributed by atoms with Gasteiger partial charge in [-0.05, 0) is 35.9 Å². The number of anilines is 1.